The van der Waals surface area contributed by atoms with Gasteiger partial charge in [0.1, 0.15) is 0 Å². The normalized spacial score (nSPS) is 13.9. The van der Waals surface area contributed by atoms with Crippen LogP contribution in [-0.2, 0) is 4.79 Å². The molecule has 0 saturated heterocycles. The molecule has 0 rings (SSSR count). The maximum atomic E-state index is 13.0. The standard InChI is InChI=1S/C10H17F3OS/c1-3-6-10(12,13)8(11)5-7-15-9(14)4-2/h8H,3-7H2,1-2H3. The monoisotopic (exact) mass is 242 g/mol. The highest BCUT2D eigenvalue weighted by molar-refractivity contribution is 8.13. The molecule has 0 aliphatic heterocycles. The lowest BCUT2D eigenvalue weighted by molar-refractivity contribution is -0.110. The zero-order chi connectivity index (χ0) is 11.9. The van der Waals surface area contributed by atoms with Crippen molar-refractivity contribution in [3.8, 4) is 0 Å². The number of carbonyl (C=O) groups excluding carboxylic acids is 1. The van der Waals surface area contributed by atoms with E-state index in [0.29, 0.717) is 6.42 Å². The van der Waals surface area contributed by atoms with Crippen LogP contribution >= 0.6 is 11.8 Å². The number of alkyl halides is 3. The van der Waals surface area contributed by atoms with Gasteiger partial charge in [-0.15, -0.1) is 0 Å². The van der Waals surface area contributed by atoms with Crippen LogP contribution in [-0.4, -0.2) is 23.0 Å². The van der Waals surface area contributed by atoms with Crippen LogP contribution in [0.2, 0.25) is 0 Å². The summed E-state index contributed by atoms with van der Waals surface area (Å²) >= 11 is 0.927. The van der Waals surface area contributed by atoms with Gasteiger partial charge in [0.05, 0.1) is 0 Å². The first-order valence-corrected chi connectivity index (χ1v) is 6.10. The number of halogens is 3. The molecule has 5 heteroatoms. The second kappa shape index (κ2) is 7.14. The van der Waals surface area contributed by atoms with Crippen LogP contribution in [0, 0.1) is 0 Å². The highest BCUT2D eigenvalue weighted by Gasteiger charge is 2.38. The van der Waals surface area contributed by atoms with Crippen LogP contribution in [0.5, 0.6) is 0 Å². The zero-order valence-corrected chi connectivity index (χ0v) is 9.88. The quantitative estimate of drug-likeness (QED) is 0.675. The second-order valence-electron chi connectivity index (χ2n) is 3.34. The first-order chi connectivity index (χ1) is 6.94. The Morgan fingerprint density at radius 3 is 2.47 bits per heavy atom. The lowest BCUT2D eigenvalue weighted by atomic mass is 10.1. The Labute approximate surface area is 92.8 Å². The molecule has 0 spiro atoms. The fourth-order valence-electron chi connectivity index (χ4n) is 1.08. The molecule has 0 aromatic carbocycles. The van der Waals surface area contributed by atoms with Gasteiger partial charge >= 0.3 is 0 Å². The van der Waals surface area contributed by atoms with Gasteiger partial charge in [-0.2, -0.15) is 0 Å². The Bertz CT molecular complexity index is 197. The summed E-state index contributed by atoms with van der Waals surface area (Å²) in [5, 5.41) is -0.0824. The molecule has 0 N–H and O–H groups in total. The van der Waals surface area contributed by atoms with Crippen molar-refractivity contribution >= 4 is 16.9 Å². The number of hydrogen-bond donors (Lipinski definition) is 0. The molecular weight excluding hydrogens is 225 g/mol. The fourth-order valence-corrected chi connectivity index (χ4v) is 1.84. The third-order valence-corrected chi connectivity index (χ3v) is 3.02. The molecule has 90 valence electrons. The van der Waals surface area contributed by atoms with E-state index in [9.17, 15) is 18.0 Å². The van der Waals surface area contributed by atoms with Gasteiger partial charge in [-0.05, 0) is 6.42 Å². The second-order valence-corrected chi connectivity index (χ2v) is 4.49. The molecular formula is C10H17F3OS. The van der Waals surface area contributed by atoms with E-state index in [1.54, 1.807) is 13.8 Å². The predicted octanol–water partition coefficient (Wildman–Crippen LogP) is 3.82. The first kappa shape index (κ1) is 14.8. The van der Waals surface area contributed by atoms with Crippen LogP contribution < -0.4 is 0 Å². The fraction of sp³-hybridized carbons (Fsp3) is 0.900. The van der Waals surface area contributed by atoms with Crippen LogP contribution in [0.1, 0.15) is 39.5 Å². The summed E-state index contributed by atoms with van der Waals surface area (Å²) in [6, 6.07) is 0. The largest absolute Gasteiger partial charge is 0.287 e. The Kier molecular flexibility index (Phi) is 7.05. The van der Waals surface area contributed by atoms with Gasteiger partial charge in [0, 0.05) is 18.6 Å². The van der Waals surface area contributed by atoms with Crippen molar-refractivity contribution in [2.24, 2.45) is 0 Å². The molecule has 0 aliphatic carbocycles. The lowest BCUT2D eigenvalue weighted by Crippen LogP contribution is -2.30. The van der Waals surface area contributed by atoms with Gasteiger partial charge in [-0.25, -0.2) is 13.2 Å². The lowest BCUT2D eigenvalue weighted by Gasteiger charge is -2.19. The Morgan fingerprint density at radius 2 is 2.00 bits per heavy atom. The summed E-state index contributed by atoms with van der Waals surface area (Å²) in [5.74, 6) is -3.11. The average molecular weight is 242 g/mol. The van der Waals surface area contributed by atoms with E-state index in [1.807, 2.05) is 0 Å². The summed E-state index contributed by atoms with van der Waals surface area (Å²) in [6.07, 6.45) is -2.21. The van der Waals surface area contributed by atoms with Gasteiger partial charge in [-0.3, -0.25) is 4.79 Å². The van der Waals surface area contributed by atoms with Crippen LogP contribution in [0.25, 0.3) is 0 Å². The van der Waals surface area contributed by atoms with Gasteiger partial charge < -0.3 is 0 Å². The summed E-state index contributed by atoms with van der Waals surface area (Å²) < 4.78 is 39.0. The maximum Gasteiger partial charge on any atom is 0.278 e. The third-order valence-electron chi connectivity index (χ3n) is 1.96. The molecule has 0 saturated carbocycles. The van der Waals surface area contributed by atoms with Gasteiger partial charge in [-0.1, -0.05) is 32.0 Å². The molecule has 0 amide bonds. The van der Waals surface area contributed by atoms with E-state index in [-0.39, 0.29) is 23.7 Å². The van der Waals surface area contributed by atoms with Crippen molar-refractivity contribution in [1.29, 1.82) is 0 Å². The van der Waals surface area contributed by atoms with Gasteiger partial charge in [0.25, 0.3) is 5.92 Å². The van der Waals surface area contributed by atoms with Crippen LogP contribution in [0.4, 0.5) is 13.2 Å². The van der Waals surface area contributed by atoms with E-state index in [0.717, 1.165) is 11.8 Å². The van der Waals surface area contributed by atoms with Gasteiger partial charge in [0.2, 0.25) is 0 Å². The molecule has 15 heavy (non-hydrogen) atoms. The van der Waals surface area contributed by atoms with Crippen molar-refractivity contribution in [2.45, 2.75) is 51.6 Å². The van der Waals surface area contributed by atoms with Crippen molar-refractivity contribution in [3.05, 3.63) is 0 Å². The summed E-state index contributed by atoms with van der Waals surface area (Å²) in [5.41, 5.74) is 0. The molecule has 0 fully saturated rings. The van der Waals surface area contributed by atoms with E-state index in [4.69, 9.17) is 0 Å². The average Bonchev–Trinajstić information content (AvgIpc) is 2.17. The minimum atomic E-state index is -3.25. The number of thioether (sulfide) groups is 1. The summed E-state index contributed by atoms with van der Waals surface area (Å²) in [7, 11) is 0. The van der Waals surface area contributed by atoms with E-state index < -0.39 is 18.5 Å². The molecule has 0 aromatic heterocycles. The Morgan fingerprint density at radius 1 is 1.40 bits per heavy atom. The van der Waals surface area contributed by atoms with Crippen LogP contribution in [0.3, 0.4) is 0 Å². The third kappa shape index (κ3) is 6.07. The molecule has 0 bridgehead atoms. The van der Waals surface area contributed by atoms with Crippen molar-refractivity contribution in [2.75, 3.05) is 5.75 Å². The smallest absolute Gasteiger partial charge is 0.278 e. The molecule has 1 unspecified atom stereocenters. The highest BCUT2D eigenvalue weighted by atomic mass is 32.2. The maximum absolute atomic E-state index is 13.0. The van der Waals surface area contributed by atoms with Crippen molar-refractivity contribution in [3.63, 3.8) is 0 Å². The SMILES string of the molecule is CCCC(F)(F)C(F)CCSC(=O)CC. The van der Waals surface area contributed by atoms with E-state index in [1.165, 1.54) is 0 Å². The van der Waals surface area contributed by atoms with Crippen LogP contribution in [0.15, 0.2) is 0 Å². The highest BCUT2D eigenvalue weighted by Crippen LogP contribution is 2.29. The molecule has 1 atom stereocenters. The summed E-state index contributed by atoms with van der Waals surface area (Å²) in [6.45, 7) is 3.28. The van der Waals surface area contributed by atoms with E-state index >= 15 is 0 Å². The zero-order valence-electron chi connectivity index (χ0n) is 9.06. The van der Waals surface area contributed by atoms with Gasteiger partial charge in [0.15, 0.2) is 11.3 Å². The van der Waals surface area contributed by atoms with E-state index in [2.05, 4.69) is 0 Å². The molecule has 0 heterocycles. The summed E-state index contributed by atoms with van der Waals surface area (Å²) in [4.78, 5) is 10.8. The Balaban J connectivity index is 3.82. The van der Waals surface area contributed by atoms with Crippen molar-refractivity contribution in [1.82, 2.24) is 0 Å². The first-order valence-electron chi connectivity index (χ1n) is 5.11. The molecule has 0 aromatic rings. The van der Waals surface area contributed by atoms with Crippen molar-refractivity contribution < 1.29 is 18.0 Å². The number of hydrogen-bond acceptors (Lipinski definition) is 2. The number of rotatable bonds is 7. The minimum Gasteiger partial charge on any atom is -0.287 e. The predicted molar refractivity (Wildman–Crippen MR) is 57.1 cm³/mol. The Hall–Kier alpha value is -0.190. The minimum absolute atomic E-state index is 0.0824. The topological polar surface area (TPSA) is 17.1 Å². The molecule has 0 radical (unpaired) electrons. The number of carbonyl (C=O) groups is 1. The molecule has 0 aliphatic rings. The molecule has 1 nitrogen and oxygen atoms in total.